The van der Waals surface area contributed by atoms with Gasteiger partial charge in [-0.25, -0.2) is 4.79 Å². The number of amides is 1. The van der Waals surface area contributed by atoms with Crippen LogP contribution in [0, 0.1) is 0 Å². The molecule has 5 nitrogen and oxygen atoms in total. The molecule has 1 amide bonds. The van der Waals surface area contributed by atoms with Gasteiger partial charge >= 0.3 is 6.09 Å². The van der Waals surface area contributed by atoms with Gasteiger partial charge in [0.1, 0.15) is 11.4 Å². The summed E-state index contributed by atoms with van der Waals surface area (Å²) >= 11 is 1.63. The third-order valence-electron chi connectivity index (χ3n) is 6.44. The Labute approximate surface area is 205 Å². The molecule has 0 bridgehead atoms. The first-order valence-electron chi connectivity index (χ1n) is 11.5. The quantitative estimate of drug-likeness (QED) is 0.240. The third-order valence-corrected chi connectivity index (χ3v) is 11.5. The molecule has 1 heterocycles. The van der Waals surface area contributed by atoms with E-state index in [9.17, 15) is 9.59 Å². The second-order valence-electron chi connectivity index (χ2n) is 11.4. The number of benzene rings is 1. The van der Waals surface area contributed by atoms with Crippen LogP contribution in [0.4, 0.5) is 4.79 Å². The summed E-state index contributed by atoms with van der Waals surface area (Å²) in [6, 6.07) is 3.85. The standard InChI is InChI=1S/C26H41NO4SSi/c1-17(2)21(28)16-20-19-15-23(32-9)22(31-33(10,11)26(6,7)8)14-18(19)12-13-27(20)24(29)30-25(3,4)5/h14-15,20H,1,12-13,16H2,2-11H3/t20-/m1/s1. The van der Waals surface area contributed by atoms with Crippen molar-refractivity contribution in [2.45, 2.75) is 96.0 Å². The van der Waals surface area contributed by atoms with Gasteiger partial charge in [-0.3, -0.25) is 4.79 Å². The van der Waals surface area contributed by atoms with Gasteiger partial charge in [-0.2, -0.15) is 0 Å². The van der Waals surface area contributed by atoms with E-state index in [0.29, 0.717) is 18.5 Å². The number of fused-ring (bicyclic) bond motifs is 1. The zero-order valence-electron chi connectivity index (χ0n) is 22.0. The first-order valence-corrected chi connectivity index (χ1v) is 15.7. The Morgan fingerprint density at radius 3 is 2.27 bits per heavy atom. The van der Waals surface area contributed by atoms with E-state index >= 15 is 0 Å². The minimum atomic E-state index is -2.02. The molecule has 184 valence electrons. The van der Waals surface area contributed by atoms with Crippen molar-refractivity contribution in [1.82, 2.24) is 4.90 Å². The molecule has 0 aromatic heterocycles. The molecule has 0 saturated heterocycles. The number of allylic oxidation sites excluding steroid dienone is 1. The highest BCUT2D eigenvalue weighted by Crippen LogP contribution is 2.43. The molecule has 1 atom stereocenters. The third kappa shape index (κ3) is 6.66. The first-order chi connectivity index (χ1) is 15.0. The molecule has 0 spiro atoms. The maximum Gasteiger partial charge on any atom is 0.410 e. The van der Waals surface area contributed by atoms with Crippen LogP contribution in [0.1, 0.15) is 72.1 Å². The summed E-state index contributed by atoms with van der Waals surface area (Å²) in [4.78, 5) is 28.5. The Morgan fingerprint density at radius 1 is 1.18 bits per heavy atom. The van der Waals surface area contributed by atoms with Gasteiger partial charge in [0.05, 0.1) is 6.04 Å². The molecule has 0 unspecified atom stereocenters. The second kappa shape index (κ2) is 9.86. The molecule has 0 aliphatic carbocycles. The summed E-state index contributed by atoms with van der Waals surface area (Å²) < 4.78 is 12.4. The SMILES string of the molecule is C=C(C)C(=O)C[C@@H]1c2cc(SC)c(O[Si](C)(C)C(C)(C)C)cc2CCN1C(=O)OC(C)(C)C. The van der Waals surface area contributed by atoms with E-state index in [1.807, 2.05) is 27.0 Å². The van der Waals surface area contributed by atoms with Gasteiger partial charge in [0.15, 0.2) is 5.78 Å². The van der Waals surface area contributed by atoms with E-state index in [1.54, 1.807) is 23.6 Å². The van der Waals surface area contributed by atoms with Gasteiger partial charge in [-0.1, -0.05) is 27.4 Å². The lowest BCUT2D eigenvalue weighted by Gasteiger charge is -2.40. The molecule has 1 aromatic carbocycles. The van der Waals surface area contributed by atoms with Crippen LogP contribution in [0.2, 0.25) is 18.1 Å². The van der Waals surface area contributed by atoms with Gasteiger partial charge < -0.3 is 14.1 Å². The maximum atomic E-state index is 13.1. The maximum absolute atomic E-state index is 13.1. The Bertz CT molecular complexity index is 927. The molecule has 7 heteroatoms. The van der Waals surface area contributed by atoms with Crippen LogP contribution in [-0.2, 0) is 16.0 Å². The number of hydrogen-bond acceptors (Lipinski definition) is 5. The Hall–Kier alpha value is -1.73. The number of ketones is 1. The average molecular weight is 492 g/mol. The highest BCUT2D eigenvalue weighted by atomic mass is 32.2. The van der Waals surface area contributed by atoms with Crippen molar-refractivity contribution in [1.29, 1.82) is 0 Å². The van der Waals surface area contributed by atoms with Crippen molar-refractivity contribution >= 4 is 32.0 Å². The zero-order valence-corrected chi connectivity index (χ0v) is 23.9. The predicted octanol–water partition coefficient (Wildman–Crippen LogP) is 7.16. The van der Waals surface area contributed by atoms with E-state index in [0.717, 1.165) is 21.8 Å². The monoisotopic (exact) mass is 491 g/mol. The smallest absolute Gasteiger partial charge is 0.410 e. The summed E-state index contributed by atoms with van der Waals surface area (Å²) in [5, 5.41) is 0.0858. The highest BCUT2D eigenvalue weighted by Gasteiger charge is 2.40. The number of carbonyl (C=O) groups is 2. The second-order valence-corrected chi connectivity index (χ2v) is 17.0. The minimum Gasteiger partial charge on any atom is -0.543 e. The van der Waals surface area contributed by atoms with Gasteiger partial charge in [-0.05, 0) is 87.3 Å². The molecule has 1 aromatic rings. The molecule has 0 radical (unpaired) electrons. The molecule has 2 rings (SSSR count). The van der Waals surface area contributed by atoms with Gasteiger partial charge in [0, 0.05) is 17.9 Å². The fourth-order valence-corrected chi connectivity index (χ4v) is 5.13. The fourth-order valence-electron chi connectivity index (χ4n) is 3.49. The average Bonchev–Trinajstić information content (AvgIpc) is 2.64. The van der Waals surface area contributed by atoms with E-state index in [-0.39, 0.29) is 29.4 Å². The molecule has 0 fully saturated rings. The number of hydrogen-bond donors (Lipinski definition) is 0. The van der Waals surface area contributed by atoms with Crippen LogP contribution in [-0.4, -0.2) is 43.5 Å². The lowest BCUT2D eigenvalue weighted by molar-refractivity contribution is -0.116. The fraction of sp³-hybridized carbons (Fsp3) is 0.615. The van der Waals surface area contributed by atoms with Crippen molar-refractivity contribution < 1.29 is 18.8 Å². The zero-order chi connectivity index (χ0) is 25.4. The Kier molecular flexibility index (Phi) is 8.22. The number of ether oxygens (including phenoxy) is 1. The van der Waals surface area contributed by atoms with E-state index in [2.05, 4.69) is 52.6 Å². The van der Waals surface area contributed by atoms with Crippen LogP contribution in [0.15, 0.2) is 29.2 Å². The predicted molar refractivity (Wildman–Crippen MR) is 140 cm³/mol. The van der Waals surface area contributed by atoms with Crippen molar-refractivity contribution in [3.63, 3.8) is 0 Å². The number of carbonyl (C=O) groups excluding carboxylic acids is 2. The van der Waals surface area contributed by atoms with Crippen LogP contribution in [0.25, 0.3) is 0 Å². The largest absolute Gasteiger partial charge is 0.543 e. The number of nitrogens with zero attached hydrogens (tertiary/aromatic N) is 1. The molecule has 0 N–H and O–H groups in total. The number of thioether (sulfide) groups is 1. The number of rotatable bonds is 6. The molecule has 33 heavy (non-hydrogen) atoms. The van der Waals surface area contributed by atoms with Gasteiger partial charge in [0.25, 0.3) is 8.32 Å². The topological polar surface area (TPSA) is 55.8 Å². The normalized spacial score (nSPS) is 16.8. The van der Waals surface area contributed by atoms with Crippen molar-refractivity contribution in [2.75, 3.05) is 12.8 Å². The minimum absolute atomic E-state index is 0.0475. The van der Waals surface area contributed by atoms with Gasteiger partial charge in [0.2, 0.25) is 0 Å². The van der Waals surface area contributed by atoms with Crippen LogP contribution >= 0.6 is 11.8 Å². The van der Waals surface area contributed by atoms with E-state index in [4.69, 9.17) is 9.16 Å². The van der Waals surface area contributed by atoms with E-state index in [1.165, 1.54) is 0 Å². The van der Waals surface area contributed by atoms with Crippen LogP contribution in [0.5, 0.6) is 5.75 Å². The summed E-state index contributed by atoms with van der Waals surface area (Å²) in [6.45, 7) is 22.8. The highest BCUT2D eigenvalue weighted by molar-refractivity contribution is 7.98. The van der Waals surface area contributed by atoms with Crippen LogP contribution < -0.4 is 4.43 Å². The summed E-state index contributed by atoms with van der Waals surface area (Å²) in [5.41, 5.74) is 2.01. The lowest BCUT2D eigenvalue weighted by Crippen LogP contribution is -2.45. The van der Waals surface area contributed by atoms with Crippen molar-refractivity contribution in [3.05, 3.63) is 35.4 Å². The molecular weight excluding hydrogens is 450 g/mol. The Morgan fingerprint density at radius 2 is 1.79 bits per heavy atom. The van der Waals surface area contributed by atoms with Gasteiger partial charge in [-0.15, -0.1) is 11.8 Å². The molecule has 1 aliphatic rings. The molecular formula is C26H41NO4SSi. The lowest BCUT2D eigenvalue weighted by atomic mass is 9.88. The summed E-state index contributed by atoms with van der Waals surface area (Å²) in [7, 11) is -2.02. The van der Waals surface area contributed by atoms with E-state index < -0.39 is 13.9 Å². The molecule has 1 aliphatic heterocycles. The van der Waals surface area contributed by atoms with Crippen molar-refractivity contribution in [3.8, 4) is 5.75 Å². The summed E-state index contributed by atoms with van der Waals surface area (Å²) in [6.07, 6.45) is 2.52. The Balaban J connectivity index is 2.53. The summed E-state index contributed by atoms with van der Waals surface area (Å²) in [5.74, 6) is 0.859. The number of Topliss-reactive ketones (excluding diaryl/α,β-unsaturated/α-hetero) is 1. The molecule has 0 saturated carbocycles. The first kappa shape index (κ1) is 27.5. The van der Waals surface area contributed by atoms with Crippen LogP contribution in [0.3, 0.4) is 0 Å². The van der Waals surface area contributed by atoms with Crippen molar-refractivity contribution in [2.24, 2.45) is 0 Å².